The van der Waals surface area contributed by atoms with Crippen LogP contribution in [0.1, 0.15) is 10.4 Å². The number of nitrogens with zero attached hydrogens (tertiary/aromatic N) is 1. The molecule has 0 saturated heterocycles. The van der Waals surface area contributed by atoms with Gasteiger partial charge in [-0.25, -0.2) is 9.78 Å². The lowest BCUT2D eigenvalue weighted by Crippen LogP contribution is -2.01. The average Bonchev–Trinajstić information content (AvgIpc) is 2.27. The summed E-state index contributed by atoms with van der Waals surface area (Å²) >= 11 is 11.6. The van der Waals surface area contributed by atoms with Crippen molar-refractivity contribution in [3.05, 3.63) is 52.1 Å². The maximum Gasteiger partial charge on any atom is 0.341 e. The number of carboxylic acids is 1. The molecule has 2 rings (SSSR count). The Balaban J connectivity index is 2.37. The van der Waals surface area contributed by atoms with Gasteiger partial charge in [0, 0.05) is 16.2 Å². The molecule has 0 aliphatic rings. The highest BCUT2D eigenvalue weighted by molar-refractivity contribution is 6.34. The van der Waals surface area contributed by atoms with Crippen molar-refractivity contribution in [3.8, 4) is 11.6 Å². The zero-order valence-electron chi connectivity index (χ0n) is 8.93. The lowest BCUT2D eigenvalue weighted by atomic mass is 10.3. The Morgan fingerprint density at radius 1 is 1.22 bits per heavy atom. The Labute approximate surface area is 113 Å². The first kappa shape index (κ1) is 12.7. The summed E-state index contributed by atoms with van der Waals surface area (Å²) in [5, 5.41) is 9.77. The van der Waals surface area contributed by atoms with Gasteiger partial charge in [-0.3, -0.25) is 0 Å². The summed E-state index contributed by atoms with van der Waals surface area (Å²) in [5.41, 5.74) is -0.0337. The fraction of sp³-hybridized carbons (Fsp3) is 0. The Bertz CT molecular complexity index is 581. The minimum atomic E-state index is -1.12. The largest absolute Gasteiger partial charge is 0.477 e. The molecule has 1 N–H and O–H groups in total. The molecule has 2 aromatic rings. The molecule has 18 heavy (non-hydrogen) atoms. The summed E-state index contributed by atoms with van der Waals surface area (Å²) in [6, 6.07) is 7.51. The average molecular weight is 284 g/mol. The van der Waals surface area contributed by atoms with E-state index in [2.05, 4.69) is 4.98 Å². The molecule has 0 fully saturated rings. The Morgan fingerprint density at radius 3 is 2.50 bits per heavy atom. The van der Waals surface area contributed by atoms with E-state index in [0.717, 1.165) is 0 Å². The number of halogens is 2. The summed E-state index contributed by atoms with van der Waals surface area (Å²) < 4.78 is 5.37. The molecule has 1 heterocycles. The van der Waals surface area contributed by atoms with Crippen molar-refractivity contribution in [2.24, 2.45) is 0 Å². The molecule has 92 valence electrons. The second kappa shape index (κ2) is 5.25. The first-order chi connectivity index (χ1) is 8.56. The number of rotatable bonds is 3. The predicted molar refractivity (Wildman–Crippen MR) is 67.7 cm³/mol. The number of aromatic carboxylic acids is 1. The lowest BCUT2D eigenvalue weighted by molar-refractivity contribution is 0.0693. The van der Waals surface area contributed by atoms with Gasteiger partial charge in [-0.05, 0) is 30.3 Å². The highest BCUT2D eigenvalue weighted by Gasteiger charge is 2.13. The zero-order valence-corrected chi connectivity index (χ0v) is 10.4. The second-order valence-electron chi connectivity index (χ2n) is 3.37. The fourth-order valence-corrected chi connectivity index (χ4v) is 1.84. The molecule has 0 bridgehead atoms. The topological polar surface area (TPSA) is 59.4 Å². The van der Waals surface area contributed by atoms with Crippen molar-refractivity contribution in [2.45, 2.75) is 0 Å². The molecular weight excluding hydrogens is 277 g/mol. The van der Waals surface area contributed by atoms with Gasteiger partial charge in [-0.2, -0.15) is 0 Å². The van der Waals surface area contributed by atoms with Crippen LogP contribution in [0.4, 0.5) is 0 Å². The summed E-state index contributed by atoms with van der Waals surface area (Å²) in [7, 11) is 0. The van der Waals surface area contributed by atoms with Crippen LogP contribution in [0.2, 0.25) is 10.0 Å². The molecule has 4 nitrogen and oxygen atoms in total. The van der Waals surface area contributed by atoms with E-state index >= 15 is 0 Å². The van der Waals surface area contributed by atoms with Gasteiger partial charge in [-0.15, -0.1) is 0 Å². The van der Waals surface area contributed by atoms with Gasteiger partial charge in [0.2, 0.25) is 5.88 Å². The van der Waals surface area contributed by atoms with E-state index in [0.29, 0.717) is 15.8 Å². The minimum absolute atomic E-state index is 0.0108. The van der Waals surface area contributed by atoms with Crippen molar-refractivity contribution in [1.82, 2.24) is 4.98 Å². The molecular formula is C12H7Cl2NO3. The van der Waals surface area contributed by atoms with Crippen LogP contribution in [0.15, 0.2) is 36.5 Å². The molecule has 0 aliphatic heterocycles. The van der Waals surface area contributed by atoms with E-state index < -0.39 is 5.97 Å². The van der Waals surface area contributed by atoms with Crippen LogP contribution in [0.5, 0.6) is 11.6 Å². The lowest BCUT2D eigenvalue weighted by Gasteiger charge is -2.07. The fourth-order valence-electron chi connectivity index (χ4n) is 1.33. The van der Waals surface area contributed by atoms with Crippen molar-refractivity contribution in [1.29, 1.82) is 0 Å². The molecule has 0 aliphatic carbocycles. The number of carbonyl (C=O) groups is 1. The maximum absolute atomic E-state index is 11.0. The van der Waals surface area contributed by atoms with E-state index in [4.69, 9.17) is 33.0 Å². The maximum atomic E-state index is 11.0. The normalized spacial score (nSPS) is 10.1. The molecule has 0 amide bonds. The van der Waals surface area contributed by atoms with Crippen molar-refractivity contribution in [3.63, 3.8) is 0 Å². The molecule has 0 unspecified atom stereocenters. The molecule has 1 aromatic heterocycles. The number of aromatic nitrogens is 1. The van der Waals surface area contributed by atoms with Gasteiger partial charge in [0.25, 0.3) is 0 Å². The number of benzene rings is 1. The molecule has 0 radical (unpaired) electrons. The smallest absolute Gasteiger partial charge is 0.341 e. The second-order valence-corrected chi connectivity index (χ2v) is 4.24. The Hall–Kier alpha value is -1.78. The van der Waals surface area contributed by atoms with E-state index in [1.165, 1.54) is 30.5 Å². The van der Waals surface area contributed by atoms with Crippen molar-refractivity contribution >= 4 is 29.2 Å². The van der Waals surface area contributed by atoms with Crippen LogP contribution in [-0.4, -0.2) is 16.1 Å². The molecule has 1 aromatic carbocycles. The minimum Gasteiger partial charge on any atom is -0.477 e. The van der Waals surface area contributed by atoms with Gasteiger partial charge in [0.1, 0.15) is 11.3 Å². The van der Waals surface area contributed by atoms with E-state index in [-0.39, 0.29) is 11.4 Å². The Kier molecular flexibility index (Phi) is 3.69. The van der Waals surface area contributed by atoms with Crippen LogP contribution in [0.25, 0.3) is 0 Å². The van der Waals surface area contributed by atoms with Crippen LogP contribution in [0.3, 0.4) is 0 Å². The van der Waals surface area contributed by atoms with E-state index in [9.17, 15) is 4.79 Å². The SMILES string of the molecule is O=C(O)c1cccnc1Oc1cc(Cl)cc(Cl)c1. The zero-order chi connectivity index (χ0) is 13.1. The van der Waals surface area contributed by atoms with Gasteiger partial charge in [0.05, 0.1) is 0 Å². The number of ether oxygens (including phenoxy) is 1. The standard InChI is InChI=1S/C12H7Cl2NO3/c13-7-4-8(14)6-9(5-7)18-11-10(12(16)17)2-1-3-15-11/h1-6H,(H,16,17). The summed E-state index contributed by atoms with van der Waals surface area (Å²) in [6.07, 6.45) is 1.44. The predicted octanol–water partition coefficient (Wildman–Crippen LogP) is 3.88. The Morgan fingerprint density at radius 2 is 1.89 bits per heavy atom. The summed E-state index contributed by atoms with van der Waals surface area (Å²) in [5.74, 6) is -0.803. The third-order valence-corrected chi connectivity index (χ3v) is 2.49. The van der Waals surface area contributed by atoms with Gasteiger partial charge in [-0.1, -0.05) is 23.2 Å². The third kappa shape index (κ3) is 2.91. The van der Waals surface area contributed by atoms with E-state index in [1.54, 1.807) is 6.07 Å². The van der Waals surface area contributed by atoms with Crippen molar-refractivity contribution in [2.75, 3.05) is 0 Å². The number of carboxylic acid groups (broad SMARTS) is 1. The monoisotopic (exact) mass is 283 g/mol. The molecule has 6 heteroatoms. The summed E-state index contributed by atoms with van der Waals surface area (Å²) in [4.78, 5) is 14.8. The summed E-state index contributed by atoms with van der Waals surface area (Å²) in [6.45, 7) is 0. The third-order valence-electron chi connectivity index (χ3n) is 2.05. The van der Waals surface area contributed by atoms with Gasteiger partial charge < -0.3 is 9.84 Å². The first-order valence-corrected chi connectivity index (χ1v) is 5.64. The number of hydrogen-bond acceptors (Lipinski definition) is 3. The van der Waals surface area contributed by atoms with Crippen LogP contribution >= 0.6 is 23.2 Å². The number of pyridine rings is 1. The van der Waals surface area contributed by atoms with Gasteiger partial charge >= 0.3 is 5.97 Å². The van der Waals surface area contributed by atoms with Crippen LogP contribution < -0.4 is 4.74 Å². The van der Waals surface area contributed by atoms with Crippen LogP contribution in [0, 0.1) is 0 Å². The van der Waals surface area contributed by atoms with E-state index in [1.807, 2.05) is 0 Å². The number of hydrogen-bond donors (Lipinski definition) is 1. The molecule has 0 saturated carbocycles. The molecule has 0 atom stereocenters. The quantitative estimate of drug-likeness (QED) is 0.929. The first-order valence-electron chi connectivity index (χ1n) is 4.88. The highest BCUT2D eigenvalue weighted by Crippen LogP contribution is 2.28. The van der Waals surface area contributed by atoms with Gasteiger partial charge in [0.15, 0.2) is 0 Å². The van der Waals surface area contributed by atoms with Crippen molar-refractivity contribution < 1.29 is 14.6 Å². The molecule has 0 spiro atoms. The van der Waals surface area contributed by atoms with Crippen LogP contribution in [-0.2, 0) is 0 Å². The highest BCUT2D eigenvalue weighted by atomic mass is 35.5.